The summed E-state index contributed by atoms with van der Waals surface area (Å²) in [5, 5.41) is 15.6. The van der Waals surface area contributed by atoms with Gasteiger partial charge in [0, 0.05) is 10.4 Å². The predicted octanol–water partition coefficient (Wildman–Crippen LogP) is 1.88. The maximum absolute atomic E-state index is 12.5. The fourth-order valence-electron chi connectivity index (χ4n) is 2.50. The van der Waals surface area contributed by atoms with E-state index < -0.39 is 17.6 Å². The number of aliphatic hydroxyl groups excluding tert-OH is 1. The number of nitrogens with zero attached hydrogens (tertiary/aromatic N) is 2. The Morgan fingerprint density at radius 3 is 2.42 bits per heavy atom. The van der Waals surface area contributed by atoms with Gasteiger partial charge in [-0.05, 0) is 23.8 Å². The van der Waals surface area contributed by atoms with Crippen molar-refractivity contribution in [3.8, 4) is 0 Å². The van der Waals surface area contributed by atoms with Crippen molar-refractivity contribution >= 4 is 28.3 Å². The van der Waals surface area contributed by atoms with Gasteiger partial charge in [0.05, 0.1) is 18.0 Å². The number of aliphatic hydroxyl groups is 1. The fraction of sp³-hybridized carbons (Fsp3) is 0.118. The van der Waals surface area contributed by atoms with Crippen LogP contribution in [-0.2, 0) is 6.54 Å². The van der Waals surface area contributed by atoms with Crippen LogP contribution < -0.4 is 11.3 Å². The second kappa shape index (κ2) is 6.43. The summed E-state index contributed by atoms with van der Waals surface area (Å²) in [5.41, 5.74) is 5.54. The van der Waals surface area contributed by atoms with Crippen molar-refractivity contribution in [2.24, 2.45) is 5.73 Å². The number of nitrogens with two attached hydrogens (primary N) is 1. The number of aromatic nitrogens is 2. The minimum Gasteiger partial charge on any atom is -0.386 e. The van der Waals surface area contributed by atoms with E-state index in [4.69, 9.17) is 17.3 Å². The normalized spacial score (nSPS) is 12.2. The van der Waals surface area contributed by atoms with Crippen LogP contribution in [0.4, 0.5) is 0 Å². The molecule has 6 nitrogen and oxygen atoms in total. The van der Waals surface area contributed by atoms with Crippen molar-refractivity contribution in [1.29, 1.82) is 0 Å². The first kappa shape index (κ1) is 16.2. The second-order valence-electron chi connectivity index (χ2n) is 5.31. The van der Waals surface area contributed by atoms with Crippen molar-refractivity contribution in [3.05, 3.63) is 75.2 Å². The average Bonchev–Trinajstić information content (AvgIpc) is 2.57. The van der Waals surface area contributed by atoms with E-state index in [9.17, 15) is 14.7 Å². The van der Waals surface area contributed by atoms with Gasteiger partial charge in [-0.3, -0.25) is 9.59 Å². The Balaban J connectivity index is 2.06. The highest BCUT2D eigenvalue weighted by Gasteiger charge is 2.17. The van der Waals surface area contributed by atoms with Gasteiger partial charge < -0.3 is 10.8 Å². The highest BCUT2D eigenvalue weighted by atomic mass is 35.5. The minimum atomic E-state index is -0.977. The molecular weight excluding hydrogens is 330 g/mol. The van der Waals surface area contributed by atoms with E-state index in [-0.39, 0.29) is 12.2 Å². The zero-order valence-electron chi connectivity index (χ0n) is 12.5. The van der Waals surface area contributed by atoms with E-state index in [0.717, 1.165) is 4.68 Å². The average molecular weight is 344 g/mol. The fourth-order valence-corrected chi connectivity index (χ4v) is 2.62. The van der Waals surface area contributed by atoms with Crippen molar-refractivity contribution < 1.29 is 9.90 Å². The van der Waals surface area contributed by atoms with Crippen LogP contribution in [-0.4, -0.2) is 20.8 Å². The molecular formula is C17H14ClN3O3. The standard InChI is InChI=1S/C17H14ClN3O3/c18-11-7-5-10(6-8-11)14(22)9-21-17(24)13-4-2-1-3-12(13)15(20-21)16(19)23/h1-8,14,22H,9H2,(H2,19,23)/t14-/m1/s1. The number of hydrogen-bond donors (Lipinski definition) is 2. The number of carbonyl (C=O) groups excluding carboxylic acids is 1. The van der Waals surface area contributed by atoms with Gasteiger partial charge in [-0.25, -0.2) is 4.68 Å². The summed E-state index contributed by atoms with van der Waals surface area (Å²) >= 11 is 5.82. The number of amides is 1. The molecule has 0 aliphatic rings. The van der Waals surface area contributed by atoms with Crippen molar-refractivity contribution in [1.82, 2.24) is 9.78 Å². The lowest BCUT2D eigenvalue weighted by atomic mass is 10.1. The topological polar surface area (TPSA) is 98.2 Å². The molecule has 0 saturated carbocycles. The molecule has 3 aromatic rings. The lowest BCUT2D eigenvalue weighted by Gasteiger charge is -2.14. The Labute approximate surface area is 142 Å². The molecule has 1 atom stereocenters. The molecule has 3 rings (SSSR count). The monoisotopic (exact) mass is 343 g/mol. The number of hydrogen-bond acceptors (Lipinski definition) is 4. The van der Waals surface area contributed by atoms with Gasteiger partial charge in [0.25, 0.3) is 11.5 Å². The number of halogens is 1. The van der Waals surface area contributed by atoms with E-state index in [2.05, 4.69) is 5.10 Å². The van der Waals surface area contributed by atoms with E-state index in [1.807, 2.05) is 0 Å². The maximum Gasteiger partial charge on any atom is 0.274 e. The highest BCUT2D eigenvalue weighted by Crippen LogP contribution is 2.18. The Morgan fingerprint density at radius 1 is 1.17 bits per heavy atom. The number of rotatable bonds is 4. The lowest BCUT2D eigenvalue weighted by Crippen LogP contribution is -2.29. The third-order valence-electron chi connectivity index (χ3n) is 3.70. The number of carbonyl (C=O) groups is 1. The van der Waals surface area contributed by atoms with E-state index in [0.29, 0.717) is 21.4 Å². The molecule has 122 valence electrons. The summed E-state index contributed by atoms with van der Waals surface area (Å²) in [6.45, 7) is -0.106. The van der Waals surface area contributed by atoms with Gasteiger partial charge in [-0.1, -0.05) is 41.9 Å². The highest BCUT2D eigenvalue weighted by molar-refractivity contribution is 6.30. The van der Waals surface area contributed by atoms with Crippen LogP contribution >= 0.6 is 11.6 Å². The Kier molecular flexibility index (Phi) is 4.33. The van der Waals surface area contributed by atoms with Gasteiger partial charge >= 0.3 is 0 Å². The summed E-state index contributed by atoms with van der Waals surface area (Å²) in [6, 6.07) is 13.2. The lowest BCUT2D eigenvalue weighted by molar-refractivity contribution is 0.0992. The molecule has 7 heteroatoms. The molecule has 0 aliphatic heterocycles. The first-order chi connectivity index (χ1) is 11.5. The quantitative estimate of drug-likeness (QED) is 0.755. The van der Waals surface area contributed by atoms with Crippen LogP contribution in [0.3, 0.4) is 0 Å². The molecule has 3 N–H and O–H groups in total. The van der Waals surface area contributed by atoms with Crippen LogP contribution in [0, 0.1) is 0 Å². The minimum absolute atomic E-state index is 0.00601. The third-order valence-corrected chi connectivity index (χ3v) is 3.95. The summed E-state index contributed by atoms with van der Waals surface area (Å²) < 4.78 is 1.06. The molecule has 0 aliphatic carbocycles. The maximum atomic E-state index is 12.5. The van der Waals surface area contributed by atoms with Crippen molar-refractivity contribution in [2.45, 2.75) is 12.6 Å². The summed E-state index contributed by atoms with van der Waals surface area (Å²) in [7, 11) is 0. The Morgan fingerprint density at radius 2 is 1.79 bits per heavy atom. The number of primary amides is 1. The zero-order valence-corrected chi connectivity index (χ0v) is 13.3. The first-order valence-electron chi connectivity index (χ1n) is 7.20. The van der Waals surface area contributed by atoms with Gasteiger partial charge in [-0.2, -0.15) is 5.10 Å². The summed E-state index contributed by atoms with van der Waals surface area (Å²) in [6.07, 6.45) is -0.977. The summed E-state index contributed by atoms with van der Waals surface area (Å²) in [5.74, 6) is -0.735. The van der Waals surface area contributed by atoms with Crippen molar-refractivity contribution in [3.63, 3.8) is 0 Å². The predicted molar refractivity (Wildman–Crippen MR) is 90.9 cm³/mol. The van der Waals surface area contributed by atoms with Crippen LogP contribution in [0.2, 0.25) is 5.02 Å². The zero-order chi connectivity index (χ0) is 17.3. The number of benzene rings is 2. The molecule has 24 heavy (non-hydrogen) atoms. The molecule has 0 saturated heterocycles. The van der Waals surface area contributed by atoms with Crippen LogP contribution in [0.15, 0.2) is 53.3 Å². The molecule has 1 aromatic heterocycles. The van der Waals surface area contributed by atoms with Gasteiger partial charge in [-0.15, -0.1) is 0 Å². The molecule has 1 amide bonds. The van der Waals surface area contributed by atoms with Gasteiger partial charge in [0.2, 0.25) is 0 Å². The SMILES string of the molecule is NC(=O)c1nn(C[C@@H](O)c2ccc(Cl)cc2)c(=O)c2ccccc12. The third kappa shape index (κ3) is 3.02. The number of fused-ring (bicyclic) bond motifs is 1. The molecule has 0 bridgehead atoms. The molecule has 2 aromatic carbocycles. The van der Waals surface area contributed by atoms with E-state index in [1.54, 1.807) is 48.5 Å². The Hall–Kier alpha value is -2.70. The van der Waals surface area contributed by atoms with Gasteiger partial charge in [0.1, 0.15) is 0 Å². The molecule has 0 radical (unpaired) electrons. The van der Waals surface area contributed by atoms with Crippen LogP contribution in [0.25, 0.3) is 10.8 Å². The van der Waals surface area contributed by atoms with Crippen LogP contribution in [0.5, 0.6) is 0 Å². The molecule has 0 spiro atoms. The summed E-state index contributed by atoms with van der Waals surface area (Å²) in [4.78, 5) is 24.2. The molecule has 0 unspecified atom stereocenters. The molecule has 1 heterocycles. The largest absolute Gasteiger partial charge is 0.386 e. The molecule has 0 fully saturated rings. The Bertz CT molecular complexity index is 967. The van der Waals surface area contributed by atoms with Gasteiger partial charge in [0.15, 0.2) is 5.69 Å². The van der Waals surface area contributed by atoms with E-state index >= 15 is 0 Å². The van der Waals surface area contributed by atoms with Crippen LogP contribution in [0.1, 0.15) is 22.2 Å². The smallest absolute Gasteiger partial charge is 0.274 e. The van der Waals surface area contributed by atoms with Crippen molar-refractivity contribution in [2.75, 3.05) is 0 Å². The first-order valence-corrected chi connectivity index (χ1v) is 7.58. The second-order valence-corrected chi connectivity index (χ2v) is 5.75. The van der Waals surface area contributed by atoms with E-state index in [1.165, 1.54) is 0 Å².